The van der Waals surface area contributed by atoms with Crippen LogP contribution in [0, 0.1) is 5.41 Å². The van der Waals surface area contributed by atoms with Crippen molar-refractivity contribution in [3.63, 3.8) is 0 Å². The Morgan fingerprint density at radius 1 is 1.14 bits per heavy atom. The Morgan fingerprint density at radius 3 is 2.17 bits per heavy atom. The summed E-state index contributed by atoms with van der Waals surface area (Å²) in [7, 11) is 0. The molecule has 0 spiro atoms. The number of nitrogens with one attached hydrogen (secondary N) is 1. The Kier molecular flexibility index (Phi) is 11.2. The molecule has 162 valence electrons. The third kappa shape index (κ3) is 11.8. The molecule has 0 radical (unpaired) electrons. The highest BCUT2D eigenvalue weighted by molar-refractivity contribution is 9.10. The van der Waals surface area contributed by atoms with E-state index in [4.69, 9.17) is 10.2 Å². The van der Waals surface area contributed by atoms with Crippen LogP contribution in [0.4, 0.5) is 0 Å². The molecule has 1 aliphatic heterocycles. The molecule has 1 heterocycles. The predicted octanol–water partition coefficient (Wildman–Crippen LogP) is 4.15. The number of hydrogen-bond acceptors (Lipinski definition) is 4. The summed E-state index contributed by atoms with van der Waals surface area (Å²) in [6.07, 6.45) is 4.91. The largest absolute Gasteiger partial charge is 0.478 e. The molecule has 7 heteroatoms. The van der Waals surface area contributed by atoms with Gasteiger partial charge < -0.3 is 15.5 Å². The molecule has 1 aromatic carbocycles. The number of nitrogens with zero attached hydrogens (tertiary/aromatic N) is 1. The van der Waals surface area contributed by atoms with E-state index in [1.54, 1.807) is 0 Å². The number of benzene rings is 1. The fraction of sp³-hybridized carbons (Fsp3) is 0.545. The Bertz CT molecular complexity index is 664. The maximum absolute atomic E-state index is 9.55. The van der Waals surface area contributed by atoms with E-state index in [0.717, 1.165) is 25.7 Å². The molecule has 0 amide bonds. The van der Waals surface area contributed by atoms with Crippen molar-refractivity contribution in [1.82, 2.24) is 10.2 Å². The van der Waals surface area contributed by atoms with E-state index >= 15 is 0 Å². The van der Waals surface area contributed by atoms with Crippen molar-refractivity contribution in [2.24, 2.45) is 5.41 Å². The first-order chi connectivity index (χ1) is 13.6. The smallest absolute Gasteiger partial charge is 0.328 e. The van der Waals surface area contributed by atoms with Gasteiger partial charge in [-0.25, -0.2) is 9.59 Å². The number of carbonyl (C=O) groups is 2. The van der Waals surface area contributed by atoms with E-state index < -0.39 is 11.9 Å². The molecular formula is C22H33BrN2O4. The zero-order valence-corrected chi connectivity index (χ0v) is 19.1. The van der Waals surface area contributed by atoms with Crippen molar-refractivity contribution in [3.05, 3.63) is 46.5 Å². The number of carboxylic acids is 2. The van der Waals surface area contributed by atoms with Crippen LogP contribution < -0.4 is 5.32 Å². The lowest BCUT2D eigenvalue weighted by molar-refractivity contribution is -0.134. The van der Waals surface area contributed by atoms with Gasteiger partial charge in [0.2, 0.25) is 0 Å². The van der Waals surface area contributed by atoms with Crippen LogP contribution >= 0.6 is 15.9 Å². The van der Waals surface area contributed by atoms with Gasteiger partial charge >= 0.3 is 11.9 Å². The topological polar surface area (TPSA) is 89.9 Å². The lowest BCUT2D eigenvalue weighted by Crippen LogP contribution is -2.43. The van der Waals surface area contributed by atoms with Crippen molar-refractivity contribution in [2.75, 3.05) is 19.6 Å². The lowest BCUT2D eigenvalue weighted by atomic mass is 9.91. The standard InChI is InChI=1S/C18H29BrN2.C4H4O4/c1-18(2,3)10-13-21(16-8-11-20-12-9-16)14-15-6-4-5-7-17(15)19;5-3(6)1-2-4(7)8/h4-7,16,20H,8-14H2,1-3H3;1-2H,(H,5,6)(H,7,8)/b;2-1+. The van der Waals surface area contributed by atoms with Gasteiger partial charge in [-0.05, 0) is 55.9 Å². The number of piperidine rings is 1. The van der Waals surface area contributed by atoms with E-state index in [1.165, 1.54) is 35.8 Å². The minimum Gasteiger partial charge on any atom is -0.478 e. The molecule has 1 saturated heterocycles. The van der Waals surface area contributed by atoms with E-state index in [0.29, 0.717) is 17.6 Å². The van der Waals surface area contributed by atoms with Gasteiger partial charge in [-0.3, -0.25) is 4.90 Å². The summed E-state index contributed by atoms with van der Waals surface area (Å²) >= 11 is 3.70. The third-order valence-electron chi connectivity index (χ3n) is 4.67. The molecule has 0 saturated carbocycles. The summed E-state index contributed by atoms with van der Waals surface area (Å²) in [5.74, 6) is -2.51. The number of halogens is 1. The van der Waals surface area contributed by atoms with Gasteiger partial charge in [0.1, 0.15) is 0 Å². The molecule has 0 unspecified atom stereocenters. The SMILES string of the molecule is CC(C)(C)CCN(Cc1ccccc1Br)C1CCNCC1.O=C(O)/C=C/C(=O)O. The minimum atomic E-state index is -1.26. The molecule has 29 heavy (non-hydrogen) atoms. The predicted molar refractivity (Wildman–Crippen MR) is 119 cm³/mol. The summed E-state index contributed by atoms with van der Waals surface area (Å²) in [6, 6.07) is 9.36. The maximum Gasteiger partial charge on any atom is 0.328 e. The van der Waals surface area contributed by atoms with Gasteiger partial charge in [-0.15, -0.1) is 0 Å². The fourth-order valence-electron chi connectivity index (χ4n) is 3.03. The van der Waals surface area contributed by atoms with Crippen LogP contribution in [0.25, 0.3) is 0 Å². The van der Waals surface area contributed by atoms with Crippen molar-refractivity contribution in [2.45, 2.75) is 52.6 Å². The van der Waals surface area contributed by atoms with Crippen molar-refractivity contribution in [3.8, 4) is 0 Å². The number of hydrogen-bond donors (Lipinski definition) is 3. The molecule has 6 nitrogen and oxygen atoms in total. The molecule has 2 rings (SSSR count). The first-order valence-corrected chi connectivity index (χ1v) is 10.7. The highest BCUT2D eigenvalue weighted by Crippen LogP contribution is 2.25. The second-order valence-electron chi connectivity index (χ2n) is 8.36. The second-order valence-corrected chi connectivity index (χ2v) is 9.22. The lowest BCUT2D eigenvalue weighted by Gasteiger charge is -2.36. The van der Waals surface area contributed by atoms with Crippen molar-refractivity contribution < 1.29 is 19.8 Å². The number of aliphatic carboxylic acids is 2. The van der Waals surface area contributed by atoms with E-state index in [9.17, 15) is 9.59 Å². The van der Waals surface area contributed by atoms with Gasteiger partial charge in [-0.2, -0.15) is 0 Å². The summed E-state index contributed by atoms with van der Waals surface area (Å²) in [4.78, 5) is 21.8. The van der Waals surface area contributed by atoms with Crippen molar-refractivity contribution >= 4 is 27.9 Å². The first-order valence-electron chi connectivity index (χ1n) is 9.90. The monoisotopic (exact) mass is 468 g/mol. The summed E-state index contributed by atoms with van der Waals surface area (Å²) in [5.41, 5.74) is 1.81. The zero-order valence-electron chi connectivity index (χ0n) is 17.5. The van der Waals surface area contributed by atoms with Crippen LogP contribution in [0.5, 0.6) is 0 Å². The van der Waals surface area contributed by atoms with Gasteiger partial charge in [0.25, 0.3) is 0 Å². The molecule has 1 aromatic rings. The summed E-state index contributed by atoms with van der Waals surface area (Å²) in [5, 5.41) is 19.1. The van der Waals surface area contributed by atoms with E-state index in [-0.39, 0.29) is 0 Å². The Labute approximate surface area is 182 Å². The van der Waals surface area contributed by atoms with Gasteiger partial charge in [0.05, 0.1) is 0 Å². The van der Waals surface area contributed by atoms with Gasteiger partial charge in [0, 0.05) is 29.2 Å². The Morgan fingerprint density at radius 2 is 1.69 bits per heavy atom. The normalized spacial score (nSPS) is 15.2. The van der Waals surface area contributed by atoms with Crippen LogP contribution in [-0.2, 0) is 16.1 Å². The fourth-order valence-corrected chi connectivity index (χ4v) is 3.44. The first kappa shape index (κ1) is 25.3. The quantitative estimate of drug-likeness (QED) is 0.520. The highest BCUT2D eigenvalue weighted by Gasteiger charge is 2.23. The molecular weight excluding hydrogens is 436 g/mol. The third-order valence-corrected chi connectivity index (χ3v) is 5.45. The molecule has 0 atom stereocenters. The minimum absolute atomic E-state index is 0.402. The van der Waals surface area contributed by atoms with Crippen LogP contribution in [0.1, 0.15) is 45.6 Å². The van der Waals surface area contributed by atoms with Crippen LogP contribution in [0.3, 0.4) is 0 Å². The van der Waals surface area contributed by atoms with Crippen LogP contribution in [0.2, 0.25) is 0 Å². The van der Waals surface area contributed by atoms with Gasteiger partial charge in [-0.1, -0.05) is 54.9 Å². The van der Waals surface area contributed by atoms with E-state index in [1.807, 2.05) is 0 Å². The van der Waals surface area contributed by atoms with E-state index in [2.05, 4.69) is 71.2 Å². The second kappa shape index (κ2) is 12.8. The Balaban J connectivity index is 0.000000447. The van der Waals surface area contributed by atoms with Crippen molar-refractivity contribution in [1.29, 1.82) is 0 Å². The summed E-state index contributed by atoms with van der Waals surface area (Å²) < 4.78 is 1.24. The number of carboxylic acid groups (broad SMARTS) is 2. The van der Waals surface area contributed by atoms with Gasteiger partial charge in [0.15, 0.2) is 0 Å². The highest BCUT2D eigenvalue weighted by atomic mass is 79.9. The molecule has 1 aliphatic rings. The molecule has 3 N–H and O–H groups in total. The van der Waals surface area contributed by atoms with Crippen LogP contribution in [0.15, 0.2) is 40.9 Å². The Hall–Kier alpha value is -1.70. The average Bonchev–Trinajstić information content (AvgIpc) is 2.65. The number of rotatable bonds is 7. The van der Waals surface area contributed by atoms with Crippen LogP contribution in [-0.4, -0.2) is 52.7 Å². The molecule has 0 bridgehead atoms. The maximum atomic E-state index is 9.55. The molecule has 0 aromatic heterocycles. The zero-order chi connectivity index (χ0) is 21.9. The average molecular weight is 469 g/mol. The summed E-state index contributed by atoms with van der Waals surface area (Å²) in [6.45, 7) is 11.6. The molecule has 0 aliphatic carbocycles. The molecule has 1 fully saturated rings.